The lowest BCUT2D eigenvalue weighted by atomic mass is 10.2. The molecule has 2 heterocycles. The van der Waals surface area contributed by atoms with Crippen LogP contribution >= 0.6 is 23.1 Å². The van der Waals surface area contributed by atoms with E-state index in [1.807, 2.05) is 36.1 Å². The first kappa shape index (κ1) is 17.3. The molecule has 0 saturated carbocycles. The van der Waals surface area contributed by atoms with Crippen molar-refractivity contribution in [3.8, 4) is 0 Å². The van der Waals surface area contributed by atoms with E-state index in [2.05, 4.69) is 4.98 Å². The average molecular weight is 388 g/mol. The van der Waals surface area contributed by atoms with E-state index in [0.717, 1.165) is 20.2 Å². The fourth-order valence-corrected chi connectivity index (χ4v) is 4.38. The van der Waals surface area contributed by atoms with Crippen molar-refractivity contribution < 1.29 is 13.9 Å². The Morgan fingerprint density at radius 2 is 2.08 bits per heavy atom. The van der Waals surface area contributed by atoms with E-state index in [1.54, 1.807) is 6.07 Å². The number of halogens is 1. The van der Waals surface area contributed by atoms with Gasteiger partial charge in [0.2, 0.25) is 0 Å². The molecule has 134 valence electrons. The highest BCUT2D eigenvalue weighted by Crippen LogP contribution is 2.32. The van der Waals surface area contributed by atoms with Crippen molar-refractivity contribution in [1.29, 1.82) is 0 Å². The molecule has 26 heavy (non-hydrogen) atoms. The highest BCUT2D eigenvalue weighted by atomic mass is 32.2. The zero-order valence-electron chi connectivity index (χ0n) is 14.1. The van der Waals surface area contributed by atoms with E-state index in [9.17, 15) is 9.18 Å². The Balaban J connectivity index is 1.26. The second-order valence-electron chi connectivity index (χ2n) is 6.23. The van der Waals surface area contributed by atoms with Gasteiger partial charge in [0.05, 0.1) is 29.1 Å². The molecule has 7 heteroatoms. The molecule has 1 aromatic heterocycles. The Bertz CT molecular complexity index is 936. The molecule has 4 rings (SSSR count). The average Bonchev–Trinajstić information content (AvgIpc) is 2.99. The number of nitrogens with zero attached hydrogens (tertiary/aromatic N) is 2. The second kappa shape index (κ2) is 7.25. The third-order valence-electron chi connectivity index (χ3n) is 4.13. The number of thiazole rings is 1. The normalized spacial score (nSPS) is 14.5. The first-order valence-electron chi connectivity index (χ1n) is 8.27. The molecule has 1 fully saturated rings. The summed E-state index contributed by atoms with van der Waals surface area (Å²) in [4.78, 5) is 19.6. The van der Waals surface area contributed by atoms with Gasteiger partial charge in [0, 0.05) is 4.90 Å². The molecule has 0 radical (unpaired) electrons. The van der Waals surface area contributed by atoms with E-state index in [0.29, 0.717) is 18.8 Å². The van der Waals surface area contributed by atoms with Crippen LogP contribution in [0.3, 0.4) is 0 Å². The molecule has 4 nitrogen and oxygen atoms in total. The zero-order valence-corrected chi connectivity index (χ0v) is 15.8. The number of esters is 1. The van der Waals surface area contributed by atoms with Gasteiger partial charge in [0.15, 0.2) is 5.13 Å². The molecule has 0 N–H and O–H groups in total. The van der Waals surface area contributed by atoms with Gasteiger partial charge in [-0.05, 0) is 37.3 Å². The SMILES string of the molecule is Cc1ccc(SCC(=O)OC2CN(c3nc4ccc(F)cc4s3)C2)cc1. The fraction of sp³-hybridized carbons (Fsp3) is 0.263. The van der Waals surface area contributed by atoms with E-state index >= 15 is 0 Å². The van der Waals surface area contributed by atoms with Crippen molar-refractivity contribution in [3.05, 3.63) is 53.8 Å². The maximum absolute atomic E-state index is 13.3. The quantitative estimate of drug-likeness (QED) is 0.482. The minimum absolute atomic E-state index is 0.107. The minimum Gasteiger partial charge on any atom is -0.458 e. The number of rotatable bonds is 5. The van der Waals surface area contributed by atoms with Gasteiger partial charge >= 0.3 is 5.97 Å². The van der Waals surface area contributed by atoms with Crippen LogP contribution in [-0.4, -0.2) is 35.9 Å². The molecule has 3 aromatic rings. The first-order chi connectivity index (χ1) is 12.6. The summed E-state index contributed by atoms with van der Waals surface area (Å²) in [5.41, 5.74) is 1.99. The summed E-state index contributed by atoms with van der Waals surface area (Å²) in [5.74, 6) is -0.152. The number of aromatic nitrogens is 1. The molecule has 1 aliphatic heterocycles. The van der Waals surface area contributed by atoms with Crippen LogP contribution < -0.4 is 4.90 Å². The monoisotopic (exact) mass is 388 g/mol. The van der Waals surface area contributed by atoms with E-state index in [1.165, 1.54) is 40.8 Å². The van der Waals surface area contributed by atoms with Crippen LogP contribution in [0.4, 0.5) is 9.52 Å². The van der Waals surface area contributed by atoms with Crippen molar-refractivity contribution in [2.75, 3.05) is 23.7 Å². The Hall–Kier alpha value is -2.12. The molecule has 2 aromatic carbocycles. The third kappa shape index (κ3) is 3.83. The van der Waals surface area contributed by atoms with E-state index in [4.69, 9.17) is 4.74 Å². The Labute approximate surface area is 159 Å². The van der Waals surface area contributed by atoms with Gasteiger partial charge in [-0.25, -0.2) is 9.37 Å². The summed E-state index contributed by atoms with van der Waals surface area (Å²) >= 11 is 2.94. The van der Waals surface area contributed by atoms with Crippen molar-refractivity contribution in [1.82, 2.24) is 4.98 Å². The molecule has 0 atom stereocenters. The predicted molar refractivity (Wildman–Crippen MR) is 104 cm³/mol. The predicted octanol–water partition coefficient (Wildman–Crippen LogP) is 4.27. The first-order valence-corrected chi connectivity index (χ1v) is 10.1. The number of anilines is 1. The lowest BCUT2D eigenvalue weighted by molar-refractivity contribution is -0.146. The van der Waals surface area contributed by atoms with Crippen LogP contribution in [0, 0.1) is 12.7 Å². The van der Waals surface area contributed by atoms with Crippen LogP contribution in [0.5, 0.6) is 0 Å². The zero-order chi connectivity index (χ0) is 18.1. The number of ether oxygens (including phenoxy) is 1. The van der Waals surface area contributed by atoms with Gasteiger partial charge in [-0.2, -0.15) is 0 Å². The molecular formula is C19H17FN2O2S2. The number of carbonyl (C=O) groups is 1. The molecular weight excluding hydrogens is 371 g/mol. The molecule has 0 spiro atoms. The maximum atomic E-state index is 13.3. The summed E-state index contributed by atoms with van der Waals surface area (Å²) in [6.07, 6.45) is -0.107. The van der Waals surface area contributed by atoms with Crippen LogP contribution in [0.1, 0.15) is 5.56 Å². The van der Waals surface area contributed by atoms with Crippen molar-refractivity contribution in [2.24, 2.45) is 0 Å². The van der Waals surface area contributed by atoms with Gasteiger partial charge in [0.1, 0.15) is 11.9 Å². The molecule has 0 unspecified atom stereocenters. The van der Waals surface area contributed by atoms with Gasteiger partial charge in [0.25, 0.3) is 0 Å². The Morgan fingerprint density at radius 3 is 2.85 bits per heavy atom. The standard InChI is InChI=1S/C19H17FN2O2S2/c1-12-2-5-15(6-3-12)25-11-18(23)24-14-9-22(10-14)19-21-16-7-4-13(20)8-17(16)26-19/h2-8,14H,9-11H2,1H3. The summed E-state index contributed by atoms with van der Waals surface area (Å²) in [6.45, 7) is 3.29. The van der Waals surface area contributed by atoms with Crippen LogP contribution in [0.2, 0.25) is 0 Å². The van der Waals surface area contributed by atoms with Gasteiger partial charge in [-0.1, -0.05) is 29.0 Å². The highest BCUT2D eigenvalue weighted by molar-refractivity contribution is 8.00. The van der Waals surface area contributed by atoms with Gasteiger partial charge in [-0.3, -0.25) is 4.79 Å². The van der Waals surface area contributed by atoms with E-state index in [-0.39, 0.29) is 17.9 Å². The second-order valence-corrected chi connectivity index (χ2v) is 8.28. The number of hydrogen-bond donors (Lipinski definition) is 0. The van der Waals surface area contributed by atoms with Crippen LogP contribution in [0.15, 0.2) is 47.4 Å². The molecule has 1 aliphatic rings. The summed E-state index contributed by atoms with van der Waals surface area (Å²) in [5, 5.41) is 0.840. The van der Waals surface area contributed by atoms with Crippen LogP contribution in [0.25, 0.3) is 10.2 Å². The number of thioether (sulfide) groups is 1. The van der Waals surface area contributed by atoms with Crippen molar-refractivity contribution >= 4 is 44.4 Å². The number of benzene rings is 2. The molecule has 0 bridgehead atoms. The van der Waals surface area contributed by atoms with Crippen molar-refractivity contribution in [3.63, 3.8) is 0 Å². The summed E-state index contributed by atoms with van der Waals surface area (Å²) in [7, 11) is 0. The number of aryl methyl sites for hydroxylation is 1. The highest BCUT2D eigenvalue weighted by Gasteiger charge is 2.32. The Morgan fingerprint density at radius 1 is 1.31 bits per heavy atom. The smallest absolute Gasteiger partial charge is 0.316 e. The third-order valence-corrected chi connectivity index (χ3v) is 6.20. The minimum atomic E-state index is -0.255. The topological polar surface area (TPSA) is 42.4 Å². The largest absolute Gasteiger partial charge is 0.458 e. The van der Waals surface area contributed by atoms with Gasteiger partial charge in [-0.15, -0.1) is 11.8 Å². The number of carbonyl (C=O) groups excluding carboxylic acids is 1. The van der Waals surface area contributed by atoms with Crippen molar-refractivity contribution in [2.45, 2.75) is 17.9 Å². The lowest BCUT2D eigenvalue weighted by Gasteiger charge is -2.38. The maximum Gasteiger partial charge on any atom is 0.316 e. The number of hydrogen-bond acceptors (Lipinski definition) is 6. The summed E-state index contributed by atoms with van der Waals surface area (Å²) in [6, 6.07) is 12.7. The van der Waals surface area contributed by atoms with Crippen LogP contribution in [-0.2, 0) is 9.53 Å². The number of fused-ring (bicyclic) bond motifs is 1. The van der Waals surface area contributed by atoms with Gasteiger partial charge < -0.3 is 9.64 Å². The molecule has 1 saturated heterocycles. The Kier molecular flexibility index (Phi) is 4.82. The fourth-order valence-electron chi connectivity index (χ4n) is 2.69. The summed E-state index contributed by atoms with van der Waals surface area (Å²) < 4.78 is 19.6. The van der Waals surface area contributed by atoms with E-state index < -0.39 is 0 Å². The lowest BCUT2D eigenvalue weighted by Crippen LogP contribution is -2.53. The molecule has 0 amide bonds. The molecule has 0 aliphatic carbocycles.